The molecule has 10 heteroatoms. The first-order valence-electron chi connectivity index (χ1n) is 27.7. The molecule has 0 spiro atoms. The molecular formula is C56H106NO8P. The fraction of sp³-hybridized carbons (Fsp3) is 0.857. The number of hydrogen-bond acceptors (Lipinski definition) is 8. The van der Waals surface area contributed by atoms with E-state index < -0.39 is 26.5 Å². The van der Waals surface area contributed by atoms with Gasteiger partial charge in [0.15, 0.2) is 6.10 Å². The Hall–Kier alpha value is -1.77. The van der Waals surface area contributed by atoms with Crippen molar-refractivity contribution >= 4 is 19.8 Å². The Labute approximate surface area is 408 Å². The highest BCUT2D eigenvalue weighted by Crippen LogP contribution is 2.38. The smallest absolute Gasteiger partial charge is 0.306 e. The molecule has 0 aromatic heterocycles. The third kappa shape index (κ3) is 51.6. The number of carbonyl (C=O) groups excluding carboxylic acids is 2. The van der Waals surface area contributed by atoms with Gasteiger partial charge >= 0.3 is 11.9 Å². The molecule has 0 aliphatic heterocycles. The second-order valence-corrected chi connectivity index (χ2v) is 21.4. The van der Waals surface area contributed by atoms with E-state index >= 15 is 0 Å². The van der Waals surface area contributed by atoms with Gasteiger partial charge in [-0.3, -0.25) is 14.2 Å². The Bertz CT molecular complexity index is 1210. The van der Waals surface area contributed by atoms with E-state index in [9.17, 15) is 19.0 Å². The zero-order valence-corrected chi connectivity index (χ0v) is 44.8. The molecule has 0 rings (SSSR count). The Morgan fingerprint density at radius 1 is 0.470 bits per heavy atom. The van der Waals surface area contributed by atoms with Crippen molar-refractivity contribution in [1.29, 1.82) is 0 Å². The molecule has 0 aliphatic rings. The van der Waals surface area contributed by atoms with E-state index in [1.807, 2.05) is 21.1 Å². The summed E-state index contributed by atoms with van der Waals surface area (Å²) in [5.74, 6) is -0.834. The topological polar surface area (TPSA) is 111 Å². The molecule has 2 atom stereocenters. The molecule has 0 radical (unpaired) electrons. The normalized spacial score (nSPS) is 13.6. The third-order valence-corrected chi connectivity index (χ3v) is 13.1. The number of quaternary nitrogens is 1. The van der Waals surface area contributed by atoms with Crippen molar-refractivity contribution in [1.82, 2.24) is 0 Å². The lowest BCUT2D eigenvalue weighted by Crippen LogP contribution is -2.37. The molecule has 0 N–H and O–H groups in total. The average Bonchev–Trinajstić information content (AvgIpc) is 3.27. The largest absolute Gasteiger partial charge is 0.756 e. The molecule has 0 amide bonds. The van der Waals surface area contributed by atoms with Crippen LogP contribution in [-0.2, 0) is 32.7 Å². The highest BCUT2D eigenvalue weighted by Gasteiger charge is 2.21. The summed E-state index contributed by atoms with van der Waals surface area (Å²) in [5.41, 5.74) is 0. The minimum atomic E-state index is -4.63. The SMILES string of the molecule is CCCCC/C=C\C/C=C\CCCCCCCCCC(=O)OC(COC(=O)CCCCCCCCCCCCCCC/C=C\CCCCCCCCCC)COP(=O)([O-])OCC[N+](C)(C)C. The zero-order valence-electron chi connectivity index (χ0n) is 43.9. The maximum atomic E-state index is 12.7. The molecule has 0 aliphatic carbocycles. The minimum Gasteiger partial charge on any atom is -0.756 e. The summed E-state index contributed by atoms with van der Waals surface area (Å²) >= 11 is 0. The second-order valence-electron chi connectivity index (χ2n) is 19.9. The van der Waals surface area contributed by atoms with Crippen LogP contribution in [-0.4, -0.2) is 70.0 Å². The molecule has 0 aromatic carbocycles. The summed E-state index contributed by atoms with van der Waals surface area (Å²) in [6.45, 7) is 4.23. The fourth-order valence-corrected chi connectivity index (χ4v) is 8.53. The first-order valence-corrected chi connectivity index (χ1v) is 29.2. The first-order chi connectivity index (χ1) is 32.0. The lowest BCUT2D eigenvalue weighted by Gasteiger charge is -2.28. The van der Waals surface area contributed by atoms with Gasteiger partial charge in [0, 0.05) is 12.8 Å². The summed E-state index contributed by atoms with van der Waals surface area (Å²) in [7, 11) is 1.17. The van der Waals surface area contributed by atoms with Crippen LogP contribution in [0.3, 0.4) is 0 Å². The fourth-order valence-electron chi connectivity index (χ4n) is 7.80. The first kappa shape index (κ1) is 64.2. The number of phosphoric acid groups is 1. The van der Waals surface area contributed by atoms with Crippen molar-refractivity contribution in [3.8, 4) is 0 Å². The van der Waals surface area contributed by atoms with E-state index in [-0.39, 0.29) is 32.0 Å². The van der Waals surface area contributed by atoms with Gasteiger partial charge in [0.05, 0.1) is 27.7 Å². The number of nitrogens with zero attached hydrogens (tertiary/aromatic N) is 1. The molecule has 66 heavy (non-hydrogen) atoms. The monoisotopic (exact) mass is 952 g/mol. The van der Waals surface area contributed by atoms with Gasteiger partial charge < -0.3 is 27.9 Å². The maximum absolute atomic E-state index is 12.7. The van der Waals surface area contributed by atoms with Crippen molar-refractivity contribution in [2.75, 3.05) is 47.5 Å². The number of esters is 2. The molecule has 0 saturated carbocycles. The Morgan fingerprint density at radius 2 is 0.818 bits per heavy atom. The Kier molecular flexibility index (Phi) is 47.0. The number of likely N-dealkylation sites (N-methyl/N-ethyl adjacent to an activating group) is 1. The predicted molar refractivity (Wildman–Crippen MR) is 277 cm³/mol. The van der Waals surface area contributed by atoms with Gasteiger partial charge in [-0.1, -0.05) is 211 Å². The number of phosphoric ester groups is 1. The molecule has 0 aromatic rings. The minimum absolute atomic E-state index is 0.0318. The lowest BCUT2D eigenvalue weighted by molar-refractivity contribution is -0.870. The molecular weight excluding hydrogens is 846 g/mol. The lowest BCUT2D eigenvalue weighted by atomic mass is 10.0. The number of rotatable bonds is 51. The van der Waals surface area contributed by atoms with E-state index in [4.69, 9.17) is 18.5 Å². The molecule has 0 saturated heterocycles. The average molecular weight is 952 g/mol. The van der Waals surface area contributed by atoms with Crippen LogP contribution in [0.4, 0.5) is 0 Å². The number of unbranched alkanes of at least 4 members (excludes halogenated alkanes) is 31. The zero-order chi connectivity index (χ0) is 48.5. The second kappa shape index (κ2) is 48.3. The van der Waals surface area contributed by atoms with Crippen LogP contribution < -0.4 is 4.89 Å². The number of allylic oxidation sites excluding steroid dienone is 6. The van der Waals surface area contributed by atoms with Crippen LogP contribution in [0.15, 0.2) is 36.5 Å². The summed E-state index contributed by atoms with van der Waals surface area (Å²) in [6.07, 6.45) is 57.5. The van der Waals surface area contributed by atoms with Crippen molar-refractivity contribution in [3.63, 3.8) is 0 Å². The van der Waals surface area contributed by atoms with Crippen molar-refractivity contribution in [3.05, 3.63) is 36.5 Å². The van der Waals surface area contributed by atoms with E-state index in [1.165, 1.54) is 173 Å². The number of ether oxygens (including phenoxy) is 2. The highest BCUT2D eigenvalue weighted by atomic mass is 31.2. The van der Waals surface area contributed by atoms with Gasteiger partial charge in [0.25, 0.3) is 7.82 Å². The van der Waals surface area contributed by atoms with E-state index in [2.05, 4.69) is 50.3 Å². The third-order valence-electron chi connectivity index (χ3n) is 12.1. The van der Waals surface area contributed by atoms with Crippen molar-refractivity contribution < 1.29 is 42.1 Å². The highest BCUT2D eigenvalue weighted by molar-refractivity contribution is 7.45. The van der Waals surface area contributed by atoms with Gasteiger partial charge in [0.1, 0.15) is 19.8 Å². The summed E-state index contributed by atoms with van der Waals surface area (Å²) in [4.78, 5) is 37.8. The van der Waals surface area contributed by atoms with Crippen LogP contribution in [0.1, 0.15) is 258 Å². The van der Waals surface area contributed by atoms with Gasteiger partial charge in [-0.2, -0.15) is 0 Å². The maximum Gasteiger partial charge on any atom is 0.306 e. The summed E-state index contributed by atoms with van der Waals surface area (Å²) in [5, 5.41) is 0. The van der Waals surface area contributed by atoms with Crippen LogP contribution in [0.2, 0.25) is 0 Å². The van der Waals surface area contributed by atoms with Crippen LogP contribution in [0, 0.1) is 0 Å². The number of carbonyl (C=O) groups is 2. The van der Waals surface area contributed by atoms with Gasteiger partial charge in [-0.15, -0.1) is 0 Å². The molecule has 0 fully saturated rings. The van der Waals surface area contributed by atoms with Gasteiger partial charge in [-0.25, -0.2) is 0 Å². The quantitative estimate of drug-likeness (QED) is 0.0195. The van der Waals surface area contributed by atoms with Crippen LogP contribution >= 0.6 is 7.82 Å². The predicted octanol–water partition coefficient (Wildman–Crippen LogP) is 16.2. The standard InChI is InChI=1S/C56H106NO8P/c1-6-8-10-12-14-16-18-20-22-24-25-26-27-28-29-30-31-33-34-36-38-40-42-44-46-48-55(58)62-52-54(53-64-66(60,61)63-51-50-57(3,4)5)65-56(59)49-47-45-43-41-39-37-35-32-23-21-19-17-15-13-11-9-7-2/h15,17,21,23-25,54H,6-14,16,18-20,22,26-53H2,1-5H3/b17-15-,23-21-,25-24-. The molecule has 2 unspecified atom stereocenters. The summed E-state index contributed by atoms with van der Waals surface area (Å²) < 4.78 is 34.1. The summed E-state index contributed by atoms with van der Waals surface area (Å²) in [6, 6.07) is 0. The van der Waals surface area contributed by atoms with Crippen LogP contribution in [0.5, 0.6) is 0 Å². The molecule has 0 bridgehead atoms. The van der Waals surface area contributed by atoms with E-state index in [1.54, 1.807) is 0 Å². The molecule has 388 valence electrons. The Morgan fingerprint density at radius 3 is 1.24 bits per heavy atom. The van der Waals surface area contributed by atoms with E-state index in [0.717, 1.165) is 51.4 Å². The molecule has 0 heterocycles. The molecule has 9 nitrogen and oxygen atoms in total. The van der Waals surface area contributed by atoms with Crippen LogP contribution in [0.25, 0.3) is 0 Å². The Balaban J connectivity index is 4.15. The van der Waals surface area contributed by atoms with Gasteiger partial charge in [-0.05, 0) is 70.6 Å². The number of hydrogen-bond donors (Lipinski definition) is 0. The van der Waals surface area contributed by atoms with Crippen molar-refractivity contribution in [2.24, 2.45) is 0 Å². The van der Waals surface area contributed by atoms with Gasteiger partial charge in [0.2, 0.25) is 0 Å². The van der Waals surface area contributed by atoms with Crippen molar-refractivity contribution in [2.45, 2.75) is 264 Å². The van der Waals surface area contributed by atoms with E-state index in [0.29, 0.717) is 17.4 Å².